The van der Waals surface area contributed by atoms with Crippen LogP contribution < -0.4 is 11.5 Å². The lowest BCUT2D eigenvalue weighted by Gasteiger charge is -2.37. The highest BCUT2D eigenvalue weighted by molar-refractivity contribution is 6.25. The zero-order chi connectivity index (χ0) is 16.9. The predicted octanol–water partition coefficient (Wildman–Crippen LogP) is -0.211. The minimum atomic E-state index is -0.941. The Hall–Kier alpha value is -2.35. The third-order valence-electron chi connectivity index (χ3n) is 4.99. The van der Waals surface area contributed by atoms with Crippen molar-refractivity contribution in [2.24, 2.45) is 17.4 Å². The molecule has 0 radical (unpaired) electrons. The number of allylic oxidation sites excluding steroid dienone is 2. The highest BCUT2D eigenvalue weighted by Gasteiger charge is 2.60. The van der Waals surface area contributed by atoms with Gasteiger partial charge in [0.2, 0.25) is 11.6 Å². The standard InChI is InChI=1S/C15H19N3O5/c1-7-10(16)13(20)9-8(6-23-14(17)21)15(22-2)4-3-5-18(15)11(9)12(7)19/h8H,3-6,16H2,1-2H3,(H2,17,21)/t8-,15+/m0/s1. The molecule has 0 unspecified atom stereocenters. The van der Waals surface area contributed by atoms with Crippen LogP contribution in [0.15, 0.2) is 22.5 Å². The molecule has 8 heteroatoms. The smallest absolute Gasteiger partial charge is 0.404 e. The van der Waals surface area contributed by atoms with Crippen LogP contribution >= 0.6 is 0 Å². The molecular formula is C15H19N3O5. The van der Waals surface area contributed by atoms with Crippen LogP contribution in [-0.4, -0.2) is 48.5 Å². The van der Waals surface area contributed by atoms with E-state index in [2.05, 4.69) is 0 Å². The SMILES string of the molecule is CO[C@@]12CCCN1C1=C(C(=O)C(N)=C(C)C1=O)[C@@H]2COC(N)=O. The highest BCUT2D eigenvalue weighted by atomic mass is 16.6. The Morgan fingerprint density at radius 2 is 2.09 bits per heavy atom. The van der Waals surface area contributed by atoms with Gasteiger partial charge in [-0.25, -0.2) is 4.79 Å². The summed E-state index contributed by atoms with van der Waals surface area (Å²) in [5.41, 5.74) is 10.7. The van der Waals surface area contributed by atoms with E-state index in [1.165, 1.54) is 14.0 Å². The van der Waals surface area contributed by atoms with Gasteiger partial charge in [-0.15, -0.1) is 0 Å². The normalized spacial score (nSPS) is 30.0. The van der Waals surface area contributed by atoms with Gasteiger partial charge < -0.3 is 25.8 Å². The summed E-state index contributed by atoms with van der Waals surface area (Å²) in [6, 6.07) is 0. The van der Waals surface area contributed by atoms with Gasteiger partial charge in [0.25, 0.3) is 0 Å². The van der Waals surface area contributed by atoms with E-state index >= 15 is 0 Å². The number of rotatable bonds is 3. The van der Waals surface area contributed by atoms with Gasteiger partial charge >= 0.3 is 6.09 Å². The first-order valence-corrected chi connectivity index (χ1v) is 7.40. The lowest BCUT2D eigenvalue weighted by molar-refractivity contribution is -0.132. The van der Waals surface area contributed by atoms with Crippen LogP contribution in [0.2, 0.25) is 0 Å². The number of ether oxygens (including phenoxy) is 2. The van der Waals surface area contributed by atoms with Crippen molar-refractivity contribution in [2.45, 2.75) is 25.5 Å². The number of ketones is 2. The number of amides is 1. The van der Waals surface area contributed by atoms with Crippen molar-refractivity contribution in [2.75, 3.05) is 20.3 Å². The van der Waals surface area contributed by atoms with Crippen LogP contribution in [0.1, 0.15) is 19.8 Å². The number of nitrogens with zero attached hydrogens (tertiary/aromatic N) is 1. The first-order chi connectivity index (χ1) is 10.8. The number of methoxy groups -OCH3 is 1. The average molecular weight is 321 g/mol. The van der Waals surface area contributed by atoms with Crippen molar-refractivity contribution in [3.05, 3.63) is 22.5 Å². The van der Waals surface area contributed by atoms with Crippen molar-refractivity contribution >= 4 is 17.7 Å². The Kier molecular flexibility index (Phi) is 3.44. The second-order valence-electron chi connectivity index (χ2n) is 5.95. The van der Waals surface area contributed by atoms with Crippen LogP contribution in [0, 0.1) is 5.92 Å². The molecule has 23 heavy (non-hydrogen) atoms. The van der Waals surface area contributed by atoms with Gasteiger partial charge in [0, 0.05) is 24.8 Å². The van der Waals surface area contributed by atoms with E-state index in [9.17, 15) is 14.4 Å². The molecule has 3 aliphatic rings. The van der Waals surface area contributed by atoms with Crippen molar-refractivity contribution in [1.29, 1.82) is 0 Å². The topological polar surface area (TPSA) is 125 Å². The van der Waals surface area contributed by atoms with Gasteiger partial charge in [0.05, 0.1) is 17.3 Å². The minimum Gasteiger partial charge on any atom is -0.449 e. The summed E-state index contributed by atoms with van der Waals surface area (Å²) < 4.78 is 10.6. The fraction of sp³-hybridized carbons (Fsp3) is 0.533. The van der Waals surface area contributed by atoms with Gasteiger partial charge in [-0.2, -0.15) is 0 Å². The van der Waals surface area contributed by atoms with Crippen LogP contribution in [0.3, 0.4) is 0 Å². The Labute approximate surface area is 133 Å². The first-order valence-electron chi connectivity index (χ1n) is 7.40. The van der Waals surface area contributed by atoms with E-state index < -0.39 is 23.5 Å². The summed E-state index contributed by atoms with van der Waals surface area (Å²) in [4.78, 5) is 38.1. The average Bonchev–Trinajstić information content (AvgIpc) is 3.04. The van der Waals surface area contributed by atoms with Gasteiger partial charge in [-0.05, 0) is 19.8 Å². The second kappa shape index (κ2) is 5.09. The molecule has 0 spiro atoms. The third kappa shape index (κ3) is 1.91. The Morgan fingerprint density at radius 1 is 1.39 bits per heavy atom. The summed E-state index contributed by atoms with van der Waals surface area (Å²) in [7, 11) is 1.52. The molecule has 0 aromatic carbocycles. The van der Waals surface area contributed by atoms with E-state index in [0.29, 0.717) is 18.7 Å². The fourth-order valence-electron chi connectivity index (χ4n) is 3.87. The number of hydrogen-bond acceptors (Lipinski definition) is 7. The minimum absolute atomic E-state index is 0.0646. The molecule has 0 aromatic heterocycles. The number of carbonyl (C=O) groups excluding carboxylic acids is 3. The molecule has 2 atom stereocenters. The largest absolute Gasteiger partial charge is 0.449 e. The second-order valence-corrected chi connectivity index (χ2v) is 5.95. The lowest BCUT2D eigenvalue weighted by Crippen LogP contribution is -2.48. The Bertz CT molecular complexity index is 681. The monoisotopic (exact) mass is 321 g/mol. The number of primary amides is 1. The molecule has 0 aromatic rings. The summed E-state index contributed by atoms with van der Waals surface area (Å²) in [6.45, 7) is 1.99. The van der Waals surface area contributed by atoms with Crippen LogP contribution in [0.25, 0.3) is 0 Å². The maximum absolute atomic E-state index is 12.7. The molecule has 3 rings (SSSR count). The Balaban J connectivity index is 2.12. The van der Waals surface area contributed by atoms with Crippen molar-refractivity contribution in [1.82, 2.24) is 4.90 Å². The molecule has 124 valence electrons. The maximum atomic E-state index is 12.7. The molecule has 0 bridgehead atoms. The predicted molar refractivity (Wildman–Crippen MR) is 78.6 cm³/mol. The van der Waals surface area contributed by atoms with Gasteiger partial charge in [-0.1, -0.05) is 0 Å². The zero-order valence-corrected chi connectivity index (χ0v) is 13.0. The molecule has 1 saturated heterocycles. The molecule has 4 N–H and O–H groups in total. The molecular weight excluding hydrogens is 302 g/mol. The summed E-state index contributed by atoms with van der Waals surface area (Å²) >= 11 is 0. The summed E-state index contributed by atoms with van der Waals surface area (Å²) in [5, 5.41) is 0. The quantitative estimate of drug-likeness (QED) is 0.689. The summed E-state index contributed by atoms with van der Waals surface area (Å²) in [6.07, 6.45) is 0.476. The first kappa shape index (κ1) is 15.5. The third-order valence-corrected chi connectivity index (χ3v) is 4.99. The number of hydrogen-bond donors (Lipinski definition) is 2. The van der Waals surface area contributed by atoms with Crippen molar-refractivity contribution in [3.63, 3.8) is 0 Å². The molecule has 1 amide bonds. The molecule has 0 saturated carbocycles. The van der Waals surface area contributed by atoms with Crippen molar-refractivity contribution in [3.8, 4) is 0 Å². The maximum Gasteiger partial charge on any atom is 0.404 e. The molecule has 8 nitrogen and oxygen atoms in total. The molecule has 1 aliphatic carbocycles. The van der Waals surface area contributed by atoms with E-state index in [4.69, 9.17) is 20.9 Å². The van der Waals surface area contributed by atoms with Gasteiger partial charge in [0.15, 0.2) is 5.72 Å². The number of fused-ring (bicyclic) bond motifs is 2. The lowest BCUT2D eigenvalue weighted by atomic mass is 9.83. The van der Waals surface area contributed by atoms with Crippen LogP contribution in [0.4, 0.5) is 4.79 Å². The molecule has 2 aliphatic heterocycles. The van der Waals surface area contributed by atoms with E-state index in [-0.39, 0.29) is 29.2 Å². The van der Waals surface area contributed by atoms with Gasteiger partial charge in [0.1, 0.15) is 6.61 Å². The zero-order valence-electron chi connectivity index (χ0n) is 13.0. The van der Waals surface area contributed by atoms with E-state index in [1.807, 2.05) is 4.90 Å². The number of carbonyl (C=O) groups is 3. The highest BCUT2D eigenvalue weighted by Crippen LogP contribution is 2.51. The van der Waals surface area contributed by atoms with E-state index in [1.54, 1.807) is 0 Å². The summed E-state index contributed by atoms with van der Waals surface area (Å²) in [5.74, 6) is -1.27. The fourth-order valence-corrected chi connectivity index (χ4v) is 3.87. The Morgan fingerprint density at radius 3 is 2.70 bits per heavy atom. The molecule has 2 heterocycles. The van der Waals surface area contributed by atoms with Crippen LogP contribution in [-0.2, 0) is 19.1 Å². The van der Waals surface area contributed by atoms with Crippen molar-refractivity contribution < 1.29 is 23.9 Å². The number of Topliss-reactive ketones (excluding diaryl/α,β-unsaturated/α-hetero) is 2. The van der Waals surface area contributed by atoms with Crippen LogP contribution in [0.5, 0.6) is 0 Å². The van der Waals surface area contributed by atoms with E-state index in [0.717, 1.165) is 6.42 Å². The molecule has 1 fully saturated rings. The van der Waals surface area contributed by atoms with Gasteiger partial charge in [-0.3, -0.25) is 9.59 Å². The number of nitrogens with two attached hydrogens (primary N) is 2.